The summed E-state index contributed by atoms with van der Waals surface area (Å²) in [5, 5.41) is 0. The van der Waals surface area contributed by atoms with Gasteiger partial charge in [-0.3, -0.25) is 14.4 Å². The molecule has 2 aromatic rings. The molecule has 0 bridgehead atoms. The summed E-state index contributed by atoms with van der Waals surface area (Å²) in [6.45, 7) is 3.21. The highest BCUT2D eigenvalue weighted by Gasteiger charge is 2.37. The summed E-state index contributed by atoms with van der Waals surface area (Å²) in [6.07, 6.45) is 0.471. The van der Waals surface area contributed by atoms with Crippen LogP contribution in [0.15, 0.2) is 48.5 Å². The molecule has 0 fully saturated rings. The standard InChI is InChI=1S/C21H21NO5/c1-13-11-18(21(25)26-3)17-9-4-5-10-19(17)22(13)20(24)15-7-6-8-16(12-15)27-14(2)23/h4-10,12-13,18H,11H2,1-3H3. The summed E-state index contributed by atoms with van der Waals surface area (Å²) in [6, 6.07) is 13.7. The summed E-state index contributed by atoms with van der Waals surface area (Å²) in [4.78, 5) is 38.3. The van der Waals surface area contributed by atoms with Crippen LogP contribution in [0.4, 0.5) is 5.69 Å². The lowest BCUT2D eigenvalue weighted by Crippen LogP contribution is -2.44. The van der Waals surface area contributed by atoms with E-state index < -0.39 is 11.9 Å². The molecule has 27 heavy (non-hydrogen) atoms. The number of hydrogen-bond donors (Lipinski definition) is 0. The molecule has 2 atom stereocenters. The van der Waals surface area contributed by atoms with E-state index in [0.717, 1.165) is 5.56 Å². The topological polar surface area (TPSA) is 72.9 Å². The molecule has 1 aliphatic rings. The van der Waals surface area contributed by atoms with Crippen molar-refractivity contribution in [2.75, 3.05) is 12.0 Å². The number of nitrogens with zero attached hydrogens (tertiary/aromatic N) is 1. The summed E-state index contributed by atoms with van der Waals surface area (Å²) < 4.78 is 10.0. The lowest BCUT2D eigenvalue weighted by atomic mass is 9.85. The van der Waals surface area contributed by atoms with Gasteiger partial charge in [0.2, 0.25) is 0 Å². The summed E-state index contributed by atoms with van der Waals surface area (Å²) in [5.41, 5.74) is 1.87. The van der Waals surface area contributed by atoms with Gasteiger partial charge in [-0.1, -0.05) is 24.3 Å². The molecule has 6 nitrogen and oxygen atoms in total. The number of fused-ring (bicyclic) bond motifs is 1. The predicted octanol–water partition coefficient (Wildman–Crippen LogP) is 3.31. The first-order chi connectivity index (χ1) is 12.9. The smallest absolute Gasteiger partial charge is 0.313 e. The molecule has 0 aliphatic carbocycles. The number of hydrogen-bond acceptors (Lipinski definition) is 5. The lowest BCUT2D eigenvalue weighted by Gasteiger charge is -2.38. The Bertz CT molecular complexity index is 892. The lowest BCUT2D eigenvalue weighted by molar-refractivity contribution is -0.142. The van der Waals surface area contributed by atoms with Crippen LogP contribution in [0.1, 0.15) is 42.1 Å². The van der Waals surface area contributed by atoms with Gasteiger partial charge in [-0.05, 0) is 43.2 Å². The average molecular weight is 367 g/mol. The first-order valence-electron chi connectivity index (χ1n) is 8.71. The Morgan fingerprint density at radius 3 is 2.52 bits per heavy atom. The average Bonchev–Trinajstić information content (AvgIpc) is 2.66. The largest absolute Gasteiger partial charge is 0.469 e. The third kappa shape index (κ3) is 3.69. The molecule has 0 N–H and O–H groups in total. The normalized spacial score (nSPS) is 18.4. The molecular formula is C21H21NO5. The molecule has 140 valence electrons. The van der Waals surface area contributed by atoms with Crippen LogP contribution in [0.2, 0.25) is 0 Å². The van der Waals surface area contributed by atoms with E-state index in [1.165, 1.54) is 14.0 Å². The highest BCUT2D eigenvalue weighted by Crippen LogP contribution is 2.39. The van der Waals surface area contributed by atoms with E-state index in [1.807, 2.05) is 31.2 Å². The van der Waals surface area contributed by atoms with Gasteiger partial charge in [0.15, 0.2) is 0 Å². The summed E-state index contributed by atoms with van der Waals surface area (Å²) in [7, 11) is 1.37. The van der Waals surface area contributed by atoms with Gasteiger partial charge < -0.3 is 14.4 Å². The molecule has 2 unspecified atom stereocenters. The summed E-state index contributed by atoms with van der Waals surface area (Å²) >= 11 is 0. The van der Waals surface area contributed by atoms with Crippen molar-refractivity contribution in [3.63, 3.8) is 0 Å². The Balaban J connectivity index is 1.99. The van der Waals surface area contributed by atoms with Crippen LogP contribution in [-0.2, 0) is 14.3 Å². The number of benzene rings is 2. The van der Waals surface area contributed by atoms with E-state index in [2.05, 4.69) is 0 Å². The quantitative estimate of drug-likeness (QED) is 0.615. The van der Waals surface area contributed by atoms with Crippen molar-refractivity contribution >= 4 is 23.5 Å². The number of anilines is 1. The van der Waals surface area contributed by atoms with Crippen molar-refractivity contribution in [1.82, 2.24) is 0 Å². The number of methoxy groups -OCH3 is 1. The monoisotopic (exact) mass is 367 g/mol. The molecule has 2 aromatic carbocycles. The fourth-order valence-corrected chi connectivity index (χ4v) is 3.49. The molecule has 0 saturated heterocycles. The Labute approximate surface area is 157 Å². The van der Waals surface area contributed by atoms with E-state index in [-0.39, 0.29) is 17.9 Å². The van der Waals surface area contributed by atoms with Crippen LogP contribution >= 0.6 is 0 Å². The number of carbonyl (C=O) groups excluding carboxylic acids is 3. The van der Waals surface area contributed by atoms with Crippen molar-refractivity contribution in [2.24, 2.45) is 0 Å². The van der Waals surface area contributed by atoms with Crippen LogP contribution in [0.3, 0.4) is 0 Å². The van der Waals surface area contributed by atoms with Gasteiger partial charge >= 0.3 is 11.9 Å². The highest BCUT2D eigenvalue weighted by atomic mass is 16.5. The zero-order chi connectivity index (χ0) is 19.6. The first kappa shape index (κ1) is 18.6. The van der Waals surface area contributed by atoms with Gasteiger partial charge in [0.1, 0.15) is 5.75 Å². The first-order valence-corrected chi connectivity index (χ1v) is 8.71. The van der Waals surface area contributed by atoms with Gasteiger partial charge in [0.05, 0.1) is 13.0 Å². The number of carbonyl (C=O) groups is 3. The maximum absolute atomic E-state index is 13.2. The van der Waals surface area contributed by atoms with E-state index >= 15 is 0 Å². The summed E-state index contributed by atoms with van der Waals surface area (Å²) in [5.74, 6) is -1.06. The molecule has 0 aromatic heterocycles. The van der Waals surface area contributed by atoms with Gasteiger partial charge in [0.25, 0.3) is 5.91 Å². The van der Waals surface area contributed by atoms with Crippen LogP contribution < -0.4 is 9.64 Å². The molecule has 6 heteroatoms. The zero-order valence-corrected chi connectivity index (χ0v) is 15.5. The molecule has 0 spiro atoms. The van der Waals surface area contributed by atoms with Gasteiger partial charge in [-0.25, -0.2) is 0 Å². The number of rotatable bonds is 3. The van der Waals surface area contributed by atoms with Crippen LogP contribution in [0.5, 0.6) is 5.75 Å². The molecule has 0 radical (unpaired) electrons. The molecule has 1 amide bonds. The van der Waals surface area contributed by atoms with Crippen LogP contribution in [0, 0.1) is 0 Å². The molecule has 0 saturated carbocycles. The maximum atomic E-state index is 13.2. The van der Waals surface area contributed by atoms with E-state index in [0.29, 0.717) is 23.4 Å². The van der Waals surface area contributed by atoms with Crippen LogP contribution in [-0.4, -0.2) is 31.0 Å². The molecule has 3 rings (SSSR count). The Kier molecular flexibility index (Phi) is 5.26. The second kappa shape index (κ2) is 7.61. The fourth-order valence-electron chi connectivity index (χ4n) is 3.49. The van der Waals surface area contributed by atoms with Crippen molar-refractivity contribution in [3.8, 4) is 5.75 Å². The van der Waals surface area contributed by atoms with Gasteiger partial charge in [-0.15, -0.1) is 0 Å². The van der Waals surface area contributed by atoms with Crippen molar-refractivity contribution < 1.29 is 23.9 Å². The van der Waals surface area contributed by atoms with E-state index in [1.54, 1.807) is 29.2 Å². The van der Waals surface area contributed by atoms with Crippen molar-refractivity contribution in [2.45, 2.75) is 32.2 Å². The number of esters is 2. The maximum Gasteiger partial charge on any atom is 0.313 e. The van der Waals surface area contributed by atoms with Gasteiger partial charge in [-0.2, -0.15) is 0 Å². The second-order valence-corrected chi connectivity index (χ2v) is 6.52. The molecule has 1 heterocycles. The minimum Gasteiger partial charge on any atom is -0.469 e. The third-order valence-electron chi connectivity index (χ3n) is 4.64. The Morgan fingerprint density at radius 1 is 1.07 bits per heavy atom. The van der Waals surface area contributed by atoms with E-state index in [4.69, 9.17) is 9.47 Å². The number of amides is 1. The SMILES string of the molecule is COC(=O)C1CC(C)N(C(=O)c2cccc(OC(C)=O)c2)c2ccccc21. The Hall–Kier alpha value is -3.15. The van der Waals surface area contributed by atoms with Crippen LogP contribution in [0.25, 0.3) is 0 Å². The zero-order valence-electron chi connectivity index (χ0n) is 15.5. The van der Waals surface area contributed by atoms with Crippen molar-refractivity contribution in [3.05, 3.63) is 59.7 Å². The Morgan fingerprint density at radius 2 is 1.81 bits per heavy atom. The fraction of sp³-hybridized carbons (Fsp3) is 0.286. The minimum atomic E-state index is -0.447. The highest BCUT2D eigenvalue weighted by molar-refractivity contribution is 6.08. The predicted molar refractivity (Wildman–Crippen MR) is 99.8 cm³/mol. The number of ether oxygens (including phenoxy) is 2. The van der Waals surface area contributed by atoms with E-state index in [9.17, 15) is 14.4 Å². The van der Waals surface area contributed by atoms with Gasteiger partial charge in [0, 0.05) is 24.2 Å². The second-order valence-electron chi connectivity index (χ2n) is 6.52. The number of para-hydroxylation sites is 1. The third-order valence-corrected chi connectivity index (χ3v) is 4.64. The van der Waals surface area contributed by atoms with Crippen molar-refractivity contribution in [1.29, 1.82) is 0 Å². The minimum absolute atomic E-state index is 0.200. The molecule has 1 aliphatic heterocycles. The molecular weight excluding hydrogens is 346 g/mol.